The Bertz CT molecular complexity index is 877. The van der Waals surface area contributed by atoms with E-state index in [0.29, 0.717) is 43.0 Å². The summed E-state index contributed by atoms with van der Waals surface area (Å²) in [5, 5.41) is 24.2. The summed E-state index contributed by atoms with van der Waals surface area (Å²) >= 11 is 0. The van der Waals surface area contributed by atoms with Gasteiger partial charge in [-0.15, -0.1) is 0 Å². The van der Waals surface area contributed by atoms with E-state index in [4.69, 9.17) is 15.1 Å². The number of likely N-dealkylation sites (tertiary alicyclic amines) is 1. The van der Waals surface area contributed by atoms with Gasteiger partial charge in [0.05, 0.1) is 13.3 Å². The third-order valence-electron chi connectivity index (χ3n) is 4.42. The molecule has 0 spiro atoms. The quantitative estimate of drug-likeness (QED) is 0.671. The average molecular weight is 384 g/mol. The Labute approximate surface area is 161 Å². The van der Waals surface area contributed by atoms with Crippen LogP contribution < -0.4 is 15.4 Å². The van der Waals surface area contributed by atoms with Crippen molar-refractivity contribution in [2.24, 2.45) is 5.92 Å². The molecule has 0 atom stereocenters. The molecular formula is C17H20N8O3. The van der Waals surface area contributed by atoms with E-state index < -0.39 is 6.09 Å². The van der Waals surface area contributed by atoms with Crippen LogP contribution in [0.1, 0.15) is 18.5 Å². The normalized spacial score (nSPS) is 14.2. The van der Waals surface area contributed by atoms with Crippen LogP contribution >= 0.6 is 0 Å². The summed E-state index contributed by atoms with van der Waals surface area (Å²) < 4.78 is 5.04. The molecule has 1 amide bonds. The molecule has 0 aliphatic carbocycles. The number of methoxy groups -OCH3 is 1. The maximum atomic E-state index is 11.0. The second kappa shape index (κ2) is 8.81. The molecule has 11 heteroatoms. The average Bonchev–Trinajstić information content (AvgIpc) is 2.72. The summed E-state index contributed by atoms with van der Waals surface area (Å²) in [6.45, 7) is 1.81. The Kier molecular flexibility index (Phi) is 6.01. The highest BCUT2D eigenvalue weighted by Gasteiger charge is 2.22. The van der Waals surface area contributed by atoms with Gasteiger partial charge in [0.15, 0.2) is 5.82 Å². The fourth-order valence-corrected chi connectivity index (χ4v) is 2.88. The van der Waals surface area contributed by atoms with Crippen LogP contribution in [0.3, 0.4) is 0 Å². The smallest absolute Gasteiger partial charge is 0.407 e. The van der Waals surface area contributed by atoms with Crippen molar-refractivity contribution in [3.05, 3.63) is 24.3 Å². The van der Waals surface area contributed by atoms with E-state index in [9.17, 15) is 4.79 Å². The third-order valence-corrected chi connectivity index (χ3v) is 4.42. The number of hydrogen-bond acceptors (Lipinski definition) is 9. The van der Waals surface area contributed by atoms with Crippen molar-refractivity contribution in [3.63, 3.8) is 0 Å². The Hall–Kier alpha value is -3.68. The maximum absolute atomic E-state index is 11.0. The number of ether oxygens (including phenoxy) is 1. The SMILES string of the molecule is COc1nc(Nc2cc(NCC3CCN(C(=O)O)CC3)ncn2)cnc1C#N. The van der Waals surface area contributed by atoms with Crippen LogP contribution in [0.25, 0.3) is 0 Å². The van der Waals surface area contributed by atoms with Crippen LogP contribution in [0.2, 0.25) is 0 Å². The Balaban J connectivity index is 1.57. The zero-order valence-electron chi connectivity index (χ0n) is 15.3. The molecular weight excluding hydrogens is 364 g/mol. The molecule has 0 unspecified atom stereocenters. The van der Waals surface area contributed by atoms with Crippen LogP contribution in [-0.2, 0) is 0 Å². The fourth-order valence-electron chi connectivity index (χ4n) is 2.88. The number of amides is 1. The van der Waals surface area contributed by atoms with Crippen molar-refractivity contribution in [2.45, 2.75) is 12.8 Å². The minimum absolute atomic E-state index is 0.104. The van der Waals surface area contributed by atoms with Crippen LogP contribution in [0.5, 0.6) is 5.88 Å². The molecule has 2 aromatic rings. The number of rotatable bonds is 6. The number of piperidine rings is 1. The van der Waals surface area contributed by atoms with Gasteiger partial charge in [0.1, 0.15) is 24.0 Å². The van der Waals surface area contributed by atoms with Gasteiger partial charge < -0.3 is 25.4 Å². The minimum Gasteiger partial charge on any atom is -0.479 e. The van der Waals surface area contributed by atoms with E-state index in [1.807, 2.05) is 6.07 Å². The van der Waals surface area contributed by atoms with Gasteiger partial charge in [-0.1, -0.05) is 0 Å². The second-order valence-electron chi connectivity index (χ2n) is 6.23. The van der Waals surface area contributed by atoms with E-state index in [2.05, 4.69) is 30.6 Å². The summed E-state index contributed by atoms with van der Waals surface area (Å²) in [6.07, 6.45) is 3.62. The van der Waals surface area contributed by atoms with Crippen molar-refractivity contribution in [3.8, 4) is 11.9 Å². The Morgan fingerprint density at radius 3 is 2.75 bits per heavy atom. The highest BCUT2D eigenvalue weighted by atomic mass is 16.5. The summed E-state index contributed by atoms with van der Waals surface area (Å²) in [7, 11) is 1.42. The zero-order valence-corrected chi connectivity index (χ0v) is 15.3. The highest BCUT2D eigenvalue weighted by molar-refractivity contribution is 5.65. The molecule has 1 saturated heterocycles. The number of nitrogens with one attached hydrogen (secondary N) is 2. The lowest BCUT2D eigenvalue weighted by Gasteiger charge is -2.30. The monoisotopic (exact) mass is 384 g/mol. The van der Waals surface area contributed by atoms with Gasteiger partial charge in [-0.05, 0) is 18.8 Å². The van der Waals surface area contributed by atoms with Gasteiger partial charge in [0, 0.05) is 25.7 Å². The zero-order chi connectivity index (χ0) is 19.9. The van der Waals surface area contributed by atoms with Crippen LogP contribution in [0.4, 0.5) is 22.2 Å². The molecule has 3 rings (SSSR count). The number of aromatic nitrogens is 4. The predicted molar refractivity (Wildman–Crippen MR) is 99.4 cm³/mol. The molecule has 146 valence electrons. The predicted octanol–water partition coefficient (Wildman–Crippen LogP) is 1.69. The molecule has 28 heavy (non-hydrogen) atoms. The molecule has 0 aromatic carbocycles. The first-order valence-electron chi connectivity index (χ1n) is 8.71. The van der Waals surface area contributed by atoms with Crippen molar-refractivity contribution in [2.75, 3.05) is 37.4 Å². The van der Waals surface area contributed by atoms with Crippen molar-refractivity contribution in [1.82, 2.24) is 24.8 Å². The number of anilines is 3. The maximum Gasteiger partial charge on any atom is 0.407 e. The number of carboxylic acid groups (broad SMARTS) is 1. The van der Waals surface area contributed by atoms with E-state index in [1.165, 1.54) is 24.5 Å². The third kappa shape index (κ3) is 4.73. The van der Waals surface area contributed by atoms with E-state index in [0.717, 1.165) is 12.8 Å². The van der Waals surface area contributed by atoms with Gasteiger partial charge >= 0.3 is 6.09 Å². The first kappa shape index (κ1) is 19.1. The standard InChI is InChI=1S/C17H20N8O3/c1-28-16-12(7-18)19-9-15(24-16)23-14-6-13(21-10-22-14)20-8-11-2-4-25(5-3-11)17(26)27/h6,9-11H,2-5,8H2,1H3,(H,26,27)(H2,20,21,22,23,24). The van der Waals surface area contributed by atoms with Gasteiger partial charge in [-0.25, -0.2) is 19.7 Å². The lowest BCUT2D eigenvalue weighted by Crippen LogP contribution is -2.39. The molecule has 1 fully saturated rings. The molecule has 1 aliphatic heterocycles. The first-order valence-corrected chi connectivity index (χ1v) is 8.71. The van der Waals surface area contributed by atoms with Gasteiger partial charge in [0.25, 0.3) is 5.88 Å². The molecule has 2 aromatic heterocycles. The van der Waals surface area contributed by atoms with Gasteiger partial charge in [-0.3, -0.25) is 0 Å². The molecule has 0 saturated carbocycles. The number of hydrogen-bond donors (Lipinski definition) is 3. The minimum atomic E-state index is -0.861. The molecule has 3 heterocycles. The molecule has 11 nitrogen and oxygen atoms in total. The van der Waals surface area contributed by atoms with Crippen molar-refractivity contribution >= 4 is 23.5 Å². The molecule has 0 bridgehead atoms. The lowest BCUT2D eigenvalue weighted by atomic mass is 9.97. The largest absolute Gasteiger partial charge is 0.479 e. The highest BCUT2D eigenvalue weighted by Crippen LogP contribution is 2.20. The Morgan fingerprint density at radius 1 is 1.32 bits per heavy atom. The molecule has 0 radical (unpaired) electrons. The van der Waals surface area contributed by atoms with Crippen LogP contribution in [0.15, 0.2) is 18.6 Å². The van der Waals surface area contributed by atoms with Crippen molar-refractivity contribution < 1.29 is 14.6 Å². The summed E-state index contributed by atoms with van der Waals surface area (Å²) in [5.41, 5.74) is 0.104. The molecule has 3 N–H and O–H groups in total. The summed E-state index contributed by atoms with van der Waals surface area (Å²) in [5.74, 6) is 2.07. The summed E-state index contributed by atoms with van der Waals surface area (Å²) in [6, 6.07) is 3.64. The van der Waals surface area contributed by atoms with E-state index in [-0.39, 0.29) is 11.6 Å². The van der Waals surface area contributed by atoms with E-state index >= 15 is 0 Å². The van der Waals surface area contributed by atoms with Gasteiger partial charge in [-0.2, -0.15) is 10.2 Å². The second-order valence-corrected chi connectivity index (χ2v) is 6.23. The van der Waals surface area contributed by atoms with Crippen LogP contribution in [-0.4, -0.2) is 62.8 Å². The number of carbonyl (C=O) groups is 1. The van der Waals surface area contributed by atoms with Crippen molar-refractivity contribution in [1.29, 1.82) is 5.26 Å². The fraction of sp³-hybridized carbons (Fsp3) is 0.412. The van der Waals surface area contributed by atoms with E-state index in [1.54, 1.807) is 6.07 Å². The Morgan fingerprint density at radius 2 is 2.07 bits per heavy atom. The first-order chi connectivity index (χ1) is 13.6. The number of nitriles is 1. The van der Waals surface area contributed by atoms with Crippen LogP contribution in [0, 0.1) is 17.2 Å². The van der Waals surface area contributed by atoms with Gasteiger partial charge in [0.2, 0.25) is 5.69 Å². The molecule has 1 aliphatic rings. The number of nitrogens with zero attached hydrogens (tertiary/aromatic N) is 6. The summed E-state index contributed by atoms with van der Waals surface area (Å²) in [4.78, 5) is 28.9. The topological polar surface area (TPSA) is 149 Å². The lowest BCUT2D eigenvalue weighted by molar-refractivity contribution is 0.126.